The number of hydrazone groups is 1. The molecule has 0 saturated carbocycles. The molecule has 1 amide bonds. The van der Waals surface area contributed by atoms with Gasteiger partial charge in [0, 0.05) is 5.92 Å². The molecular weight excluding hydrogens is 424 g/mol. The summed E-state index contributed by atoms with van der Waals surface area (Å²) in [7, 11) is 0. The fraction of sp³-hybridized carbons (Fsp3) is 0.250. The minimum atomic E-state index is -0.428. The summed E-state index contributed by atoms with van der Waals surface area (Å²) in [5.41, 5.74) is 2.14. The zero-order valence-corrected chi connectivity index (χ0v) is 19.0. The van der Waals surface area contributed by atoms with Crippen molar-refractivity contribution in [1.29, 1.82) is 5.41 Å². The van der Waals surface area contributed by atoms with Crippen LogP contribution in [-0.4, -0.2) is 40.2 Å². The monoisotopic (exact) mass is 448 g/mol. The maximum absolute atomic E-state index is 12.5. The minimum Gasteiger partial charge on any atom is -0.490 e. The predicted octanol–water partition coefficient (Wildman–Crippen LogP) is 4.73. The second-order valence-electron chi connectivity index (χ2n) is 7.70. The third-order valence-electron chi connectivity index (χ3n) is 4.77. The van der Waals surface area contributed by atoms with Gasteiger partial charge in [-0.25, -0.2) is 0 Å². The average molecular weight is 449 g/mol. The number of thioether (sulfide) groups is 1. The van der Waals surface area contributed by atoms with Gasteiger partial charge in [0.1, 0.15) is 29.8 Å². The van der Waals surface area contributed by atoms with Crippen LogP contribution in [0.4, 0.5) is 0 Å². The van der Waals surface area contributed by atoms with E-state index in [-0.39, 0.29) is 17.3 Å². The molecule has 0 radical (unpaired) electrons. The Kier molecular flexibility index (Phi) is 6.41. The topological polar surface area (TPSA) is 87.3 Å². The van der Waals surface area contributed by atoms with Crippen LogP contribution in [0.25, 0.3) is 6.08 Å². The van der Waals surface area contributed by atoms with E-state index in [1.165, 1.54) is 16.8 Å². The van der Waals surface area contributed by atoms with Gasteiger partial charge in [0.2, 0.25) is 5.17 Å². The summed E-state index contributed by atoms with van der Waals surface area (Å²) < 4.78 is 11.4. The quantitative estimate of drug-likeness (QED) is 0.489. The second kappa shape index (κ2) is 9.40. The number of nitrogens with one attached hydrogen (secondary N) is 1. The van der Waals surface area contributed by atoms with Crippen molar-refractivity contribution in [1.82, 2.24) is 5.01 Å². The van der Waals surface area contributed by atoms with Crippen molar-refractivity contribution in [2.24, 2.45) is 16.0 Å². The van der Waals surface area contributed by atoms with Crippen molar-refractivity contribution in [3.63, 3.8) is 0 Å². The molecule has 2 aromatic rings. The fourth-order valence-electron chi connectivity index (χ4n) is 3.09. The van der Waals surface area contributed by atoms with Gasteiger partial charge >= 0.3 is 0 Å². The first-order valence-corrected chi connectivity index (χ1v) is 11.1. The van der Waals surface area contributed by atoms with Crippen LogP contribution in [0.15, 0.2) is 64.2 Å². The molecule has 1 N–H and O–H groups in total. The highest BCUT2D eigenvalue weighted by atomic mass is 32.2. The number of hydrogen-bond acceptors (Lipinski definition) is 6. The maximum Gasteiger partial charge on any atom is 0.283 e. The Morgan fingerprint density at radius 1 is 1.09 bits per heavy atom. The number of hydrogen-bond donors (Lipinski definition) is 1. The Morgan fingerprint density at radius 3 is 2.50 bits per heavy atom. The Balaban J connectivity index is 1.37. The van der Waals surface area contributed by atoms with Gasteiger partial charge in [0.05, 0.1) is 5.57 Å². The Labute approximate surface area is 191 Å². The zero-order valence-electron chi connectivity index (χ0n) is 18.2. The molecule has 32 heavy (non-hydrogen) atoms. The maximum atomic E-state index is 12.5. The number of aryl methyl sites for hydroxylation is 1. The van der Waals surface area contributed by atoms with E-state index >= 15 is 0 Å². The van der Waals surface area contributed by atoms with Crippen molar-refractivity contribution < 1.29 is 14.3 Å². The number of carbonyl (C=O) groups excluding carboxylic acids is 1. The lowest BCUT2D eigenvalue weighted by Gasteiger charge is -2.20. The van der Waals surface area contributed by atoms with Gasteiger partial charge in [-0.2, -0.15) is 15.1 Å². The van der Waals surface area contributed by atoms with Crippen LogP contribution in [0, 0.1) is 18.3 Å². The van der Waals surface area contributed by atoms with Crippen LogP contribution in [0.2, 0.25) is 0 Å². The summed E-state index contributed by atoms with van der Waals surface area (Å²) in [6, 6.07) is 15.2. The van der Waals surface area contributed by atoms with Crippen LogP contribution in [0.3, 0.4) is 0 Å². The van der Waals surface area contributed by atoms with Gasteiger partial charge in [0.15, 0.2) is 5.84 Å². The molecule has 0 spiro atoms. The number of fused-ring (bicyclic) bond motifs is 1. The lowest BCUT2D eigenvalue weighted by Crippen LogP contribution is -2.35. The van der Waals surface area contributed by atoms with Gasteiger partial charge in [0.25, 0.3) is 5.91 Å². The fourth-order valence-corrected chi connectivity index (χ4v) is 3.98. The first-order chi connectivity index (χ1) is 15.4. The van der Waals surface area contributed by atoms with Gasteiger partial charge in [-0.1, -0.05) is 38.1 Å². The van der Waals surface area contributed by atoms with Crippen LogP contribution in [0.1, 0.15) is 25.0 Å². The van der Waals surface area contributed by atoms with Crippen LogP contribution >= 0.6 is 11.8 Å². The molecule has 164 valence electrons. The molecule has 0 unspecified atom stereocenters. The van der Waals surface area contributed by atoms with E-state index in [4.69, 9.17) is 14.9 Å². The Morgan fingerprint density at radius 2 is 1.81 bits per heavy atom. The smallest absolute Gasteiger partial charge is 0.283 e. The second-order valence-corrected chi connectivity index (χ2v) is 8.68. The van der Waals surface area contributed by atoms with E-state index in [1.54, 1.807) is 6.08 Å². The van der Waals surface area contributed by atoms with Crippen LogP contribution in [-0.2, 0) is 4.79 Å². The van der Waals surface area contributed by atoms with E-state index < -0.39 is 5.91 Å². The summed E-state index contributed by atoms with van der Waals surface area (Å²) >= 11 is 1.34. The first-order valence-electron chi connectivity index (χ1n) is 10.3. The molecule has 2 aliphatic rings. The number of aliphatic imine (C=N–C) groups is 1. The molecule has 0 aromatic heterocycles. The van der Waals surface area contributed by atoms with Crippen molar-refractivity contribution in [3.05, 3.63) is 65.2 Å². The molecule has 7 nitrogen and oxygen atoms in total. The lowest BCUT2D eigenvalue weighted by atomic mass is 10.1. The summed E-state index contributed by atoms with van der Waals surface area (Å²) in [6.45, 7) is 6.91. The van der Waals surface area contributed by atoms with Gasteiger partial charge in [-0.05, 0) is 60.2 Å². The SMILES string of the molecule is Cc1cccc(OCCOc2ccc(/C=C3/C(=N)N4N=C(C(C)C)SC4=NC3=O)cc2)c1. The van der Waals surface area contributed by atoms with E-state index in [0.29, 0.717) is 24.1 Å². The van der Waals surface area contributed by atoms with Crippen molar-refractivity contribution in [2.75, 3.05) is 13.2 Å². The molecule has 0 bridgehead atoms. The van der Waals surface area contributed by atoms with E-state index in [9.17, 15) is 4.79 Å². The summed E-state index contributed by atoms with van der Waals surface area (Å²) in [4.78, 5) is 16.6. The van der Waals surface area contributed by atoms with E-state index in [2.05, 4.69) is 10.1 Å². The van der Waals surface area contributed by atoms with Crippen molar-refractivity contribution in [2.45, 2.75) is 20.8 Å². The Hall–Kier alpha value is -3.39. The lowest BCUT2D eigenvalue weighted by molar-refractivity contribution is -0.114. The summed E-state index contributed by atoms with van der Waals surface area (Å²) in [5, 5.41) is 15.6. The van der Waals surface area contributed by atoms with Gasteiger partial charge < -0.3 is 9.47 Å². The number of amides is 1. The average Bonchev–Trinajstić information content (AvgIpc) is 3.20. The molecular formula is C24H24N4O3S. The molecule has 2 aliphatic heterocycles. The summed E-state index contributed by atoms with van der Waals surface area (Å²) in [5.74, 6) is 1.34. The van der Waals surface area contributed by atoms with Crippen molar-refractivity contribution in [3.8, 4) is 11.5 Å². The third-order valence-corrected chi connectivity index (χ3v) is 5.97. The van der Waals surface area contributed by atoms with E-state index in [1.807, 2.05) is 69.3 Å². The number of carbonyl (C=O) groups is 1. The first kappa shape index (κ1) is 21.8. The van der Waals surface area contributed by atoms with E-state index in [0.717, 1.165) is 21.9 Å². The van der Waals surface area contributed by atoms with Crippen LogP contribution in [0.5, 0.6) is 11.5 Å². The van der Waals surface area contributed by atoms with Gasteiger partial charge in [-0.3, -0.25) is 10.2 Å². The largest absolute Gasteiger partial charge is 0.490 e. The molecule has 4 rings (SSSR count). The molecule has 0 fully saturated rings. The van der Waals surface area contributed by atoms with Crippen LogP contribution < -0.4 is 9.47 Å². The Bertz CT molecular complexity index is 1140. The molecule has 8 heteroatoms. The van der Waals surface area contributed by atoms with Crippen molar-refractivity contribution >= 4 is 39.8 Å². The highest BCUT2D eigenvalue weighted by Crippen LogP contribution is 2.30. The molecule has 0 saturated heterocycles. The highest BCUT2D eigenvalue weighted by molar-refractivity contribution is 8.27. The molecule has 0 aliphatic carbocycles. The zero-order chi connectivity index (χ0) is 22.7. The molecule has 2 aromatic carbocycles. The summed E-state index contributed by atoms with van der Waals surface area (Å²) in [6.07, 6.45) is 1.66. The van der Waals surface area contributed by atoms with Gasteiger partial charge in [-0.15, -0.1) is 0 Å². The normalized spacial score (nSPS) is 16.9. The number of amidine groups is 2. The number of rotatable bonds is 7. The molecule has 2 heterocycles. The predicted molar refractivity (Wildman–Crippen MR) is 128 cm³/mol. The third kappa shape index (κ3) is 4.91. The number of benzene rings is 2. The highest BCUT2D eigenvalue weighted by Gasteiger charge is 2.36. The minimum absolute atomic E-state index is 0.0387. The number of ether oxygens (including phenoxy) is 2. The molecule has 0 atom stereocenters. The number of nitrogens with zero attached hydrogens (tertiary/aromatic N) is 3. The standard InChI is InChI=1S/C24H24N4O3S/c1-15(2)23-27-28-21(25)20(22(29)26-24(28)32-23)14-17-7-9-18(10-8-17)30-11-12-31-19-6-4-5-16(3)13-19/h4-10,13-15,25H,11-12H2,1-3H3/b20-14-,25-21?.